The Balaban J connectivity index is 2.19. The van der Waals surface area contributed by atoms with Crippen LogP contribution in [0.3, 0.4) is 0 Å². The van der Waals surface area contributed by atoms with Gasteiger partial charge in [0.25, 0.3) is 0 Å². The lowest BCUT2D eigenvalue weighted by Gasteiger charge is -2.07. The van der Waals surface area contributed by atoms with Crippen molar-refractivity contribution in [1.29, 1.82) is 0 Å². The van der Waals surface area contributed by atoms with Gasteiger partial charge in [0.15, 0.2) is 0 Å². The number of aromatic nitrogens is 2. The Bertz CT molecular complexity index is 759. The van der Waals surface area contributed by atoms with Crippen molar-refractivity contribution in [3.8, 4) is 0 Å². The van der Waals surface area contributed by atoms with Crippen LogP contribution in [-0.2, 0) is 30.0 Å². The molecular weight excluding hydrogens is 361 g/mol. The van der Waals surface area contributed by atoms with Crippen molar-refractivity contribution < 1.29 is 12.8 Å². The van der Waals surface area contributed by atoms with E-state index in [0.717, 1.165) is 17.3 Å². The van der Waals surface area contributed by atoms with E-state index in [-0.39, 0.29) is 15.9 Å². The van der Waals surface area contributed by atoms with E-state index in [1.54, 1.807) is 17.9 Å². The summed E-state index contributed by atoms with van der Waals surface area (Å²) in [6, 6.07) is 3.70. The van der Waals surface area contributed by atoms with Crippen molar-refractivity contribution in [3.05, 3.63) is 45.9 Å². The molecule has 0 unspecified atom stereocenters. The largest absolute Gasteiger partial charge is 0.275 e. The van der Waals surface area contributed by atoms with Crippen LogP contribution in [0.5, 0.6) is 0 Å². The highest BCUT2D eigenvalue weighted by atomic mass is 79.9. The van der Waals surface area contributed by atoms with E-state index in [1.165, 1.54) is 12.1 Å². The third kappa shape index (κ3) is 3.69. The third-order valence-corrected chi connectivity index (χ3v) is 5.02. The molecule has 0 saturated heterocycles. The molecule has 114 valence electrons. The Kier molecular flexibility index (Phi) is 4.80. The summed E-state index contributed by atoms with van der Waals surface area (Å²) >= 11 is 2.99. The molecule has 0 fully saturated rings. The van der Waals surface area contributed by atoms with Crippen LogP contribution in [-0.4, -0.2) is 18.2 Å². The number of aryl methyl sites for hydroxylation is 2. The van der Waals surface area contributed by atoms with Crippen molar-refractivity contribution in [2.75, 3.05) is 0 Å². The molecular formula is C13H15BrFN3O2S. The normalized spacial score (nSPS) is 11.8. The maximum Gasteiger partial charge on any atom is 0.240 e. The molecule has 2 rings (SSSR count). The minimum Gasteiger partial charge on any atom is -0.275 e. The van der Waals surface area contributed by atoms with Gasteiger partial charge < -0.3 is 0 Å². The molecule has 0 amide bonds. The van der Waals surface area contributed by atoms with Crippen molar-refractivity contribution in [3.63, 3.8) is 0 Å². The van der Waals surface area contributed by atoms with Gasteiger partial charge in [-0.15, -0.1) is 0 Å². The molecule has 21 heavy (non-hydrogen) atoms. The van der Waals surface area contributed by atoms with E-state index in [9.17, 15) is 12.8 Å². The van der Waals surface area contributed by atoms with Gasteiger partial charge in [-0.3, -0.25) is 4.68 Å². The lowest BCUT2D eigenvalue weighted by atomic mass is 10.2. The Morgan fingerprint density at radius 2 is 2.14 bits per heavy atom. The first-order valence-corrected chi connectivity index (χ1v) is 8.57. The summed E-state index contributed by atoms with van der Waals surface area (Å²) in [5, 5.41) is 4.24. The summed E-state index contributed by atoms with van der Waals surface area (Å²) in [4.78, 5) is -0.106. The number of rotatable bonds is 5. The van der Waals surface area contributed by atoms with Crippen molar-refractivity contribution >= 4 is 26.0 Å². The van der Waals surface area contributed by atoms with Gasteiger partial charge in [-0.2, -0.15) is 5.10 Å². The molecule has 0 aliphatic rings. The Hall–Kier alpha value is -1.25. The minimum atomic E-state index is -3.76. The number of nitrogens with zero attached hydrogens (tertiary/aromatic N) is 2. The van der Waals surface area contributed by atoms with E-state index in [1.807, 2.05) is 6.92 Å². The predicted molar refractivity (Wildman–Crippen MR) is 80.7 cm³/mol. The molecule has 0 spiro atoms. The number of nitrogens with one attached hydrogen (secondary N) is 1. The smallest absolute Gasteiger partial charge is 0.240 e. The summed E-state index contributed by atoms with van der Waals surface area (Å²) < 4.78 is 42.1. The van der Waals surface area contributed by atoms with E-state index in [2.05, 4.69) is 25.8 Å². The topological polar surface area (TPSA) is 64.0 Å². The lowest BCUT2D eigenvalue weighted by Crippen LogP contribution is -2.23. The van der Waals surface area contributed by atoms with Crippen molar-refractivity contribution in [2.45, 2.75) is 24.8 Å². The zero-order valence-electron chi connectivity index (χ0n) is 11.6. The molecule has 8 heteroatoms. The fourth-order valence-electron chi connectivity index (χ4n) is 1.93. The van der Waals surface area contributed by atoms with Crippen molar-refractivity contribution in [1.82, 2.24) is 14.5 Å². The predicted octanol–water partition coefficient (Wildman–Crippen LogP) is 2.36. The minimum absolute atomic E-state index is 0.106. The second kappa shape index (κ2) is 6.25. The van der Waals surface area contributed by atoms with Crippen molar-refractivity contribution in [2.24, 2.45) is 7.05 Å². The van der Waals surface area contributed by atoms with Crippen LogP contribution in [0.15, 0.2) is 33.8 Å². The molecule has 1 heterocycles. The molecule has 0 bridgehead atoms. The van der Waals surface area contributed by atoms with Gasteiger partial charge in [0.05, 0.1) is 15.1 Å². The maximum absolute atomic E-state index is 13.4. The first-order chi connectivity index (χ1) is 9.83. The van der Waals surface area contributed by atoms with Crippen LogP contribution in [0.1, 0.15) is 18.2 Å². The monoisotopic (exact) mass is 375 g/mol. The van der Waals surface area contributed by atoms with Gasteiger partial charge >= 0.3 is 0 Å². The standard InChI is InChI=1S/C13H15BrFN3O2S/c1-3-13-9(8-18(2)17-13)7-16-21(19,20)10-4-5-11(14)12(15)6-10/h4-6,8,16H,3,7H2,1-2H3. The highest BCUT2D eigenvalue weighted by Crippen LogP contribution is 2.19. The summed E-state index contributed by atoms with van der Waals surface area (Å²) in [6.07, 6.45) is 2.48. The van der Waals surface area contributed by atoms with Gasteiger partial charge in [0.2, 0.25) is 10.0 Å². The lowest BCUT2D eigenvalue weighted by molar-refractivity contribution is 0.576. The molecule has 0 aliphatic heterocycles. The van der Waals surface area contributed by atoms with Gasteiger partial charge in [0, 0.05) is 25.4 Å². The molecule has 5 nitrogen and oxygen atoms in total. The van der Waals surface area contributed by atoms with E-state index >= 15 is 0 Å². The molecule has 1 aromatic carbocycles. The average Bonchev–Trinajstić information content (AvgIpc) is 2.80. The quantitative estimate of drug-likeness (QED) is 0.872. The number of hydrogen-bond donors (Lipinski definition) is 1. The highest BCUT2D eigenvalue weighted by molar-refractivity contribution is 9.10. The summed E-state index contributed by atoms with van der Waals surface area (Å²) in [7, 11) is -1.98. The van der Waals surface area contributed by atoms with Gasteiger partial charge in [-0.25, -0.2) is 17.5 Å². The second-order valence-corrected chi connectivity index (χ2v) is 7.15. The van der Waals surface area contributed by atoms with E-state index in [0.29, 0.717) is 6.42 Å². The number of hydrogen-bond acceptors (Lipinski definition) is 3. The third-order valence-electron chi connectivity index (χ3n) is 2.98. The summed E-state index contributed by atoms with van der Waals surface area (Å²) in [5.74, 6) is -0.617. The van der Waals surface area contributed by atoms with Gasteiger partial charge in [-0.05, 0) is 40.5 Å². The van der Waals surface area contributed by atoms with E-state index < -0.39 is 15.8 Å². The molecule has 1 N–H and O–H groups in total. The first-order valence-electron chi connectivity index (χ1n) is 6.29. The Morgan fingerprint density at radius 3 is 2.76 bits per heavy atom. The van der Waals surface area contributed by atoms with Crippen LogP contribution >= 0.6 is 15.9 Å². The van der Waals surface area contributed by atoms with Crippen LogP contribution in [0, 0.1) is 5.82 Å². The summed E-state index contributed by atoms with van der Waals surface area (Å²) in [5.41, 5.74) is 1.64. The second-order valence-electron chi connectivity index (χ2n) is 4.53. The fourth-order valence-corrected chi connectivity index (χ4v) is 3.19. The van der Waals surface area contributed by atoms with Crippen LogP contribution in [0.2, 0.25) is 0 Å². The van der Waals surface area contributed by atoms with Crippen LogP contribution in [0.25, 0.3) is 0 Å². The van der Waals surface area contributed by atoms with E-state index in [4.69, 9.17) is 0 Å². The number of benzene rings is 1. The zero-order valence-corrected chi connectivity index (χ0v) is 14.0. The van der Waals surface area contributed by atoms with Crippen LogP contribution < -0.4 is 4.72 Å². The van der Waals surface area contributed by atoms with Gasteiger partial charge in [-0.1, -0.05) is 6.92 Å². The molecule has 0 aliphatic carbocycles. The average molecular weight is 376 g/mol. The molecule has 0 radical (unpaired) electrons. The number of sulfonamides is 1. The van der Waals surface area contributed by atoms with Gasteiger partial charge in [0.1, 0.15) is 5.82 Å². The molecule has 0 saturated carbocycles. The molecule has 1 aromatic heterocycles. The Morgan fingerprint density at radius 1 is 1.43 bits per heavy atom. The van der Waals surface area contributed by atoms with Crippen LogP contribution in [0.4, 0.5) is 4.39 Å². The highest BCUT2D eigenvalue weighted by Gasteiger charge is 2.17. The zero-order chi connectivity index (χ0) is 15.6. The molecule has 2 aromatic rings. The fraction of sp³-hybridized carbons (Fsp3) is 0.308. The number of halogens is 2. The molecule has 0 atom stereocenters. The first kappa shape index (κ1) is 16.1. The SMILES string of the molecule is CCc1nn(C)cc1CNS(=O)(=O)c1ccc(Br)c(F)c1. The Labute approximate surface area is 131 Å². The summed E-state index contributed by atoms with van der Waals surface area (Å²) in [6.45, 7) is 2.07. The maximum atomic E-state index is 13.4.